The molecular formula is C6H5N3O3. The van der Waals surface area contributed by atoms with Gasteiger partial charge in [-0.1, -0.05) is 5.16 Å². The second kappa shape index (κ2) is 3.42. The molecule has 6 nitrogen and oxygen atoms in total. The summed E-state index contributed by atoms with van der Waals surface area (Å²) in [5.74, 6) is -1.35. The SMILES string of the molecule is O=C(O)C(=NO)c1cccnn1. The highest BCUT2D eigenvalue weighted by molar-refractivity contribution is 6.41. The van der Waals surface area contributed by atoms with E-state index < -0.39 is 11.7 Å². The van der Waals surface area contributed by atoms with Gasteiger partial charge in [-0.15, -0.1) is 5.10 Å². The van der Waals surface area contributed by atoms with Gasteiger partial charge in [0.1, 0.15) is 5.69 Å². The van der Waals surface area contributed by atoms with Crippen molar-refractivity contribution in [3.8, 4) is 0 Å². The van der Waals surface area contributed by atoms with Crippen molar-refractivity contribution in [2.75, 3.05) is 0 Å². The van der Waals surface area contributed by atoms with Gasteiger partial charge in [-0.05, 0) is 12.1 Å². The molecule has 1 heterocycles. The number of rotatable bonds is 2. The zero-order chi connectivity index (χ0) is 8.97. The summed E-state index contributed by atoms with van der Waals surface area (Å²) in [4.78, 5) is 10.4. The highest BCUT2D eigenvalue weighted by Gasteiger charge is 2.14. The number of aliphatic carboxylic acids is 1. The third kappa shape index (κ3) is 1.54. The third-order valence-corrected chi connectivity index (χ3v) is 1.12. The van der Waals surface area contributed by atoms with Crippen molar-refractivity contribution in [1.82, 2.24) is 10.2 Å². The first-order valence-corrected chi connectivity index (χ1v) is 2.99. The molecule has 62 valence electrons. The van der Waals surface area contributed by atoms with Crippen molar-refractivity contribution in [2.24, 2.45) is 5.16 Å². The van der Waals surface area contributed by atoms with Gasteiger partial charge in [0.2, 0.25) is 5.71 Å². The zero-order valence-electron chi connectivity index (χ0n) is 5.88. The van der Waals surface area contributed by atoms with Gasteiger partial charge in [-0.25, -0.2) is 4.79 Å². The smallest absolute Gasteiger partial charge is 0.360 e. The normalized spacial score (nSPS) is 11.2. The molecule has 0 atom stereocenters. The topological polar surface area (TPSA) is 95.7 Å². The van der Waals surface area contributed by atoms with Gasteiger partial charge >= 0.3 is 5.97 Å². The van der Waals surface area contributed by atoms with E-state index in [4.69, 9.17) is 10.3 Å². The van der Waals surface area contributed by atoms with Gasteiger partial charge in [0.25, 0.3) is 0 Å². The van der Waals surface area contributed by atoms with E-state index in [1.807, 2.05) is 0 Å². The fourth-order valence-electron chi connectivity index (χ4n) is 0.631. The summed E-state index contributed by atoms with van der Waals surface area (Å²) in [5, 5.41) is 26.2. The van der Waals surface area contributed by atoms with Crippen LogP contribution < -0.4 is 0 Å². The van der Waals surface area contributed by atoms with Crippen LogP contribution in [0.4, 0.5) is 0 Å². The highest BCUT2D eigenvalue weighted by Crippen LogP contribution is 1.94. The Morgan fingerprint density at radius 2 is 2.33 bits per heavy atom. The second-order valence-electron chi connectivity index (χ2n) is 1.86. The van der Waals surface area contributed by atoms with Crippen molar-refractivity contribution < 1.29 is 15.1 Å². The Morgan fingerprint density at radius 1 is 1.58 bits per heavy atom. The fraction of sp³-hybridized carbons (Fsp3) is 0. The molecular weight excluding hydrogens is 162 g/mol. The summed E-state index contributed by atoms with van der Waals surface area (Å²) in [6, 6.07) is 2.88. The lowest BCUT2D eigenvalue weighted by Gasteiger charge is -1.94. The summed E-state index contributed by atoms with van der Waals surface area (Å²) in [7, 11) is 0. The monoisotopic (exact) mass is 167 g/mol. The summed E-state index contributed by atoms with van der Waals surface area (Å²) in [6.45, 7) is 0. The van der Waals surface area contributed by atoms with Crippen LogP contribution in [0.5, 0.6) is 0 Å². The predicted octanol–water partition coefficient (Wildman–Crippen LogP) is -0.261. The average molecular weight is 167 g/mol. The quantitative estimate of drug-likeness (QED) is 0.359. The highest BCUT2D eigenvalue weighted by atomic mass is 16.4. The lowest BCUT2D eigenvalue weighted by atomic mass is 10.2. The lowest BCUT2D eigenvalue weighted by Crippen LogP contribution is -2.16. The summed E-state index contributed by atoms with van der Waals surface area (Å²) < 4.78 is 0. The Bertz CT molecular complexity index is 309. The molecule has 1 aromatic rings. The van der Waals surface area contributed by atoms with Crippen molar-refractivity contribution >= 4 is 11.7 Å². The molecule has 0 fully saturated rings. The molecule has 6 heteroatoms. The third-order valence-electron chi connectivity index (χ3n) is 1.12. The van der Waals surface area contributed by atoms with Crippen LogP contribution in [-0.4, -0.2) is 32.2 Å². The second-order valence-corrected chi connectivity index (χ2v) is 1.86. The summed E-state index contributed by atoms with van der Waals surface area (Å²) >= 11 is 0. The first-order valence-electron chi connectivity index (χ1n) is 2.99. The molecule has 0 bridgehead atoms. The van der Waals surface area contributed by atoms with Crippen LogP contribution in [0.15, 0.2) is 23.5 Å². The average Bonchev–Trinajstić information content (AvgIpc) is 2.07. The van der Waals surface area contributed by atoms with Crippen LogP contribution >= 0.6 is 0 Å². The maximum atomic E-state index is 10.4. The molecule has 1 aromatic heterocycles. The predicted molar refractivity (Wildman–Crippen MR) is 38.0 cm³/mol. The molecule has 0 aliphatic rings. The van der Waals surface area contributed by atoms with Gasteiger partial charge < -0.3 is 10.3 Å². The van der Waals surface area contributed by atoms with E-state index in [1.165, 1.54) is 18.3 Å². The minimum atomic E-state index is -1.35. The molecule has 0 radical (unpaired) electrons. The fourth-order valence-corrected chi connectivity index (χ4v) is 0.631. The zero-order valence-corrected chi connectivity index (χ0v) is 5.88. The molecule has 2 N–H and O–H groups in total. The van der Waals surface area contributed by atoms with Gasteiger partial charge in [-0.3, -0.25) is 0 Å². The van der Waals surface area contributed by atoms with Crippen molar-refractivity contribution in [3.05, 3.63) is 24.0 Å². The molecule has 0 amide bonds. The molecule has 0 aliphatic carbocycles. The Balaban J connectivity index is 3.05. The van der Waals surface area contributed by atoms with Crippen LogP contribution in [0, 0.1) is 0 Å². The van der Waals surface area contributed by atoms with Crippen LogP contribution in [0.25, 0.3) is 0 Å². The maximum absolute atomic E-state index is 10.4. The number of aromatic nitrogens is 2. The van der Waals surface area contributed by atoms with Gasteiger partial charge in [0, 0.05) is 6.20 Å². The molecule has 0 saturated carbocycles. The van der Waals surface area contributed by atoms with Gasteiger partial charge in [-0.2, -0.15) is 5.10 Å². The molecule has 0 aromatic carbocycles. The molecule has 0 aliphatic heterocycles. The van der Waals surface area contributed by atoms with Crippen LogP contribution in [0.2, 0.25) is 0 Å². The number of carbonyl (C=O) groups is 1. The first kappa shape index (κ1) is 8.12. The summed E-state index contributed by atoms with van der Waals surface area (Å²) in [5.41, 5.74) is -0.504. The van der Waals surface area contributed by atoms with Crippen molar-refractivity contribution in [1.29, 1.82) is 0 Å². The van der Waals surface area contributed by atoms with E-state index in [0.29, 0.717) is 0 Å². The van der Waals surface area contributed by atoms with Gasteiger partial charge in [0.15, 0.2) is 0 Å². The number of oxime groups is 1. The minimum Gasteiger partial charge on any atom is -0.476 e. The number of nitrogens with zero attached hydrogens (tertiary/aromatic N) is 3. The number of carboxylic acids is 1. The van der Waals surface area contributed by atoms with Crippen LogP contribution in [0.3, 0.4) is 0 Å². The molecule has 0 unspecified atom stereocenters. The van der Waals surface area contributed by atoms with Crippen molar-refractivity contribution in [2.45, 2.75) is 0 Å². The Kier molecular flexibility index (Phi) is 2.32. The van der Waals surface area contributed by atoms with Gasteiger partial charge in [0.05, 0.1) is 0 Å². The van der Waals surface area contributed by atoms with Crippen molar-refractivity contribution in [3.63, 3.8) is 0 Å². The van der Waals surface area contributed by atoms with E-state index >= 15 is 0 Å². The Hall–Kier alpha value is -1.98. The lowest BCUT2D eigenvalue weighted by molar-refractivity contribution is -0.129. The molecule has 12 heavy (non-hydrogen) atoms. The standard InChI is InChI=1S/C6H5N3O3/c10-6(11)5(9-12)4-2-1-3-7-8-4/h1-3,12H,(H,10,11). The maximum Gasteiger partial charge on any atom is 0.360 e. The first-order chi connectivity index (χ1) is 5.75. The van der Waals surface area contributed by atoms with Crippen LogP contribution in [0.1, 0.15) is 5.69 Å². The Morgan fingerprint density at radius 3 is 2.75 bits per heavy atom. The minimum absolute atomic E-state index is 0.0208. The molecule has 0 spiro atoms. The van der Waals surface area contributed by atoms with E-state index in [-0.39, 0.29) is 5.69 Å². The Labute approximate surface area is 67.2 Å². The van der Waals surface area contributed by atoms with E-state index in [2.05, 4.69) is 15.4 Å². The summed E-state index contributed by atoms with van der Waals surface area (Å²) in [6.07, 6.45) is 1.39. The largest absolute Gasteiger partial charge is 0.476 e. The number of hydrogen-bond acceptors (Lipinski definition) is 5. The van der Waals surface area contributed by atoms with E-state index in [9.17, 15) is 4.79 Å². The van der Waals surface area contributed by atoms with E-state index in [0.717, 1.165) is 0 Å². The number of hydrogen-bond donors (Lipinski definition) is 2. The molecule has 0 saturated heterocycles. The van der Waals surface area contributed by atoms with Crippen LogP contribution in [-0.2, 0) is 4.79 Å². The molecule has 1 rings (SSSR count). The van der Waals surface area contributed by atoms with E-state index in [1.54, 1.807) is 0 Å². The number of carboxylic acid groups (broad SMARTS) is 1.